The number of nitrogens with zero attached hydrogens (tertiary/aromatic N) is 4. The Labute approximate surface area is 186 Å². The fraction of sp³-hybridized carbons (Fsp3) is 0.417. The first kappa shape index (κ1) is 20.1. The third kappa shape index (κ3) is 3.61. The summed E-state index contributed by atoms with van der Waals surface area (Å²) in [5, 5.41) is 0.849. The smallest absolute Gasteiger partial charge is 0.264 e. The van der Waals surface area contributed by atoms with E-state index >= 15 is 0 Å². The van der Waals surface area contributed by atoms with Gasteiger partial charge >= 0.3 is 0 Å². The van der Waals surface area contributed by atoms with E-state index in [1.165, 1.54) is 22.5 Å². The summed E-state index contributed by atoms with van der Waals surface area (Å²) in [6, 6.07) is 8.19. The molecule has 0 amide bonds. The second-order valence-corrected chi connectivity index (χ2v) is 9.26. The number of thiophene rings is 1. The van der Waals surface area contributed by atoms with Crippen LogP contribution in [-0.4, -0.2) is 42.8 Å². The van der Waals surface area contributed by atoms with Crippen LogP contribution in [0.3, 0.4) is 0 Å². The molecule has 5 rings (SSSR count). The summed E-state index contributed by atoms with van der Waals surface area (Å²) >= 11 is 1.72. The zero-order chi connectivity index (χ0) is 21.4. The topological polar surface area (TPSA) is 50.6 Å². The van der Waals surface area contributed by atoms with Crippen LogP contribution in [-0.2, 0) is 19.4 Å². The molecular formula is C24H28N4O2S. The number of ether oxygens (including phenoxy) is 1. The van der Waals surface area contributed by atoms with Crippen LogP contribution >= 0.6 is 11.3 Å². The molecule has 6 nitrogen and oxygen atoms in total. The van der Waals surface area contributed by atoms with Crippen molar-refractivity contribution in [2.24, 2.45) is 0 Å². The average Bonchev–Trinajstić information content (AvgIpc) is 3.20. The minimum Gasteiger partial charge on any atom is -0.497 e. The lowest BCUT2D eigenvalue weighted by Crippen LogP contribution is -2.48. The van der Waals surface area contributed by atoms with Crippen molar-refractivity contribution < 1.29 is 4.74 Å². The summed E-state index contributed by atoms with van der Waals surface area (Å²) in [7, 11) is 1.68. The molecule has 1 saturated heterocycles. The van der Waals surface area contributed by atoms with Crippen molar-refractivity contribution in [2.45, 2.75) is 32.2 Å². The van der Waals surface area contributed by atoms with Gasteiger partial charge in [0.15, 0.2) is 0 Å². The number of anilines is 2. The van der Waals surface area contributed by atoms with Crippen LogP contribution in [0.4, 0.5) is 11.6 Å². The Kier molecular flexibility index (Phi) is 5.44. The number of aromatic nitrogens is 2. The number of piperazine rings is 1. The molecule has 3 aromatic rings. The van der Waals surface area contributed by atoms with Gasteiger partial charge in [-0.2, -0.15) is 0 Å². The predicted octanol–water partition coefficient (Wildman–Crippen LogP) is 3.86. The van der Waals surface area contributed by atoms with Crippen molar-refractivity contribution in [1.29, 1.82) is 0 Å². The van der Waals surface area contributed by atoms with Gasteiger partial charge in [-0.3, -0.25) is 9.36 Å². The molecule has 162 valence electrons. The van der Waals surface area contributed by atoms with Crippen molar-refractivity contribution in [3.8, 4) is 5.75 Å². The van der Waals surface area contributed by atoms with Gasteiger partial charge in [0.1, 0.15) is 10.6 Å². The number of benzene rings is 1. The van der Waals surface area contributed by atoms with E-state index in [-0.39, 0.29) is 5.56 Å². The second-order valence-electron chi connectivity index (χ2n) is 8.18. The number of aryl methyl sites for hydroxylation is 2. The number of hydrogen-bond donors (Lipinski definition) is 0. The SMILES string of the molecule is C=CCn1c(N2CCN(c3ccc(OC)cc3)CC2)nc2sc3c(c2c1=O)CCCC3. The number of hydrogen-bond acceptors (Lipinski definition) is 6. The van der Waals surface area contributed by atoms with Gasteiger partial charge in [0.2, 0.25) is 5.95 Å². The van der Waals surface area contributed by atoms with E-state index in [1.54, 1.807) is 24.5 Å². The van der Waals surface area contributed by atoms with Crippen molar-refractivity contribution in [1.82, 2.24) is 9.55 Å². The molecule has 0 saturated carbocycles. The molecule has 0 atom stereocenters. The Morgan fingerprint density at radius 1 is 1.10 bits per heavy atom. The van der Waals surface area contributed by atoms with Gasteiger partial charge in [0.25, 0.3) is 5.56 Å². The number of methoxy groups -OCH3 is 1. The molecule has 0 bridgehead atoms. The molecule has 1 fully saturated rings. The van der Waals surface area contributed by atoms with Crippen molar-refractivity contribution in [3.63, 3.8) is 0 Å². The Balaban J connectivity index is 1.45. The molecule has 31 heavy (non-hydrogen) atoms. The van der Waals surface area contributed by atoms with Crippen LogP contribution in [0.15, 0.2) is 41.7 Å². The number of fused-ring (bicyclic) bond motifs is 3. The minimum atomic E-state index is 0.0943. The van der Waals surface area contributed by atoms with Gasteiger partial charge in [-0.15, -0.1) is 17.9 Å². The normalized spacial score (nSPS) is 16.4. The van der Waals surface area contributed by atoms with Crippen LogP contribution < -0.4 is 20.1 Å². The Hall–Kier alpha value is -2.80. The highest BCUT2D eigenvalue weighted by atomic mass is 32.1. The van der Waals surface area contributed by atoms with Crippen molar-refractivity contribution >= 4 is 33.2 Å². The largest absolute Gasteiger partial charge is 0.497 e. The predicted molar refractivity (Wildman–Crippen MR) is 128 cm³/mol. The monoisotopic (exact) mass is 436 g/mol. The second kappa shape index (κ2) is 8.38. The molecule has 1 aromatic carbocycles. The van der Waals surface area contributed by atoms with Crippen LogP contribution in [0.1, 0.15) is 23.3 Å². The van der Waals surface area contributed by atoms with Gasteiger partial charge < -0.3 is 14.5 Å². The van der Waals surface area contributed by atoms with E-state index in [0.717, 1.165) is 67.4 Å². The van der Waals surface area contributed by atoms with Gasteiger partial charge in [0.05, 0.1) is 12.5 Å². The number of rotatable bonds is 5. The van der Waals surface area contributed by atoms with Crippen LogP contribution in [0.5, 0.6) is 5.75 Å². The first-order valence-electron chi connectivity index (χ1n) is 11.0. The summed E-state index contributed by atoms with van der Waals surface area (Å²) < 4.78 is 7.09. The maximum atomic E-state index is 13.5. The summed E-state index contributed by atoms with van der Waals surface area (Å²) in [6.45, 7) is 7.79. The first-order valence-corrected chi connectivity index (χ1v) is 11.8. The van der Waals surface area contributed by atoms with Crippen molar-refractivity contribution in [2.75, 3.05) is 43.1 Å². The zero-order valence-corrected chi connectivity index (χ0v) is 18.8. The average molecular weight is 437 g/mol. The molecule has 1 aliphatic carbocycles. The highest BCUT2D eigenvalue weighted by Gasteiger charge is 2.26. The lowest BCUT2D eigenvalue weighted by Gasteiger charge is -2.37. The quantitative estimate of drug-likeness (QED) is 0.569. The fourth-order valence-electron chi connectivity index (χ4n) is 4.72. The molecule has 2 aromatic heterocycles. The molecule has 0 N–H and O–H groups in total. The Bertz CT molecular complexity index is 1160. The maximum Gasteiger partial charge on any atom is 0.264 e. The fourth-order valence-corrected chi connectivity index (χ4v) is 5.97. The highest BCUT2D eigenvalue weighted by Crippen LogP contribution is 2.35. The molecule has 0 spiro atoms. The molecule has 1 aliphatic heterocycles. The standard InChI is InChI=1S/C24H28N4O2S/c1-3-12-28-23(29)21-19-6-4-5-7-20(19)31-22(21)25-24(28)27-15-13-26(14-16-27)17-8-10-18(30-2)11-9-17/h3,8-11H,1,4-7,12-16H2,2H3. The third-order valence-electron chi connectivity index (χ3n) is 6.37. The van der Waals surface area contributed by atoms with E-state index in [0.29, 0.717) is 6.54 Å². The molecule has 0 unspecified atom stereocenters. The van der Waals surface area contributed by atoms with Gasteiger partial charge in [-0.25, -0.2) is 4.98 Å². The Morgan fingerprint density at radius 3 is 2.52 bits per heavy atom. The molecule has 7 heteroatoms. The lowest BCUT2D eigenvalue weighted by molar-refractivity contribution is 0.415. The van der Waals surface area contributed by atoms with E-state index in [2.05, 4.69) is 28.5 Å². The first-order chi connectivity index (χ1) is 15.2. The van der Waals surface area contributed by atoms with E-state index in [1.807, 2.05) is 16.7 Å². The van der Waals surface area contributed by atoms with Crippen LogP contribution in [0.25, 0.3) is 10.2 Å². The molecule has 3 heterocycles. The summed E-state index contributed by atoms with van der Waals surface area (Å²) in [5.74, 6) is 1.65. The molecule has 0 radical (unpaired) electrons. The molecule has 2 aliphatic rings. The van der Waals surface area contributed by atoms with Crippen molar-refractivity contribution in [3.05, 3.63) is 57.7 Å². The highest BCUT2D eigenvalue weighted by molar-refractivity contribution is 7.18. The van der Waals surface area contributed by atoms with E-state index in [4.69, 9.17) is 9.72 Å². The minimum absolute atomic E-state index is 0.0943. The molecular weight excluding hydrogens is 408 g/mol. The van der Waals surface area contributed by atoms with Gasteiger partial charge in [-0.1, -0.05) is 6.08 Å². The summed E-state index contributed by atoms with van der Waals surface area (Å²) in [4.78, 5) is 25.4. The number of allylic oxidation sites excluding steroid dienone is 1. The van der Waals surface area contributed by atoms with E-state index < -0.39 is 0 Å². The zero-order valence-electron chi connectivity index (χ0n) is 18.0. The maximum absolute atomic E-state index is 13.5. The van der Waals surface area contributed by atoms with Gasteiger partial charge in [-0.05, 0) is 55.5 Å². The lowest BCUT2D eigenvalue weighted by atomic mass is 9.97. The van der Waals surface area contributed by atoms with Gasteiger partial charge in [0, 0.05) is 43.3 Å². The summed E-state index contributed by atoms with van der Waals surface area (Å²) in [5.41, 5.74) is 2.53. The Morgan fingerprint density at radius 2 is 1.81 bits per heavy atom. The summed E-state index contributed by atoms with van der Waals surface area (Å²) in [6.07, 6.45) is 6.24. The van der Waals surface area contributed by atoms with Crippen LogP contribution in [0, 0.1) is 0 Å². The van der Waals surface area contributed by atoms with E-state index in [9.17, 15) is 4.79 Å². The van der Waals surface area contributed by atoms with Crippen LogP contribution in [0.2, 0.25) is 0 Å². The third-order valence-corrected chi connectivity index (χ3v) is 7.55.